The third kappa shape index (κ3) is 5.12. The molecule has 2 aromatic carbocycles. The van der Waals surface area contributed by atoms with Crippen LogP contribution in [0.25, 0.3) is 10.9 Å². The Bertz CT molecular complexity index is 1640. The zero-order valence-corrected chi connectivity index (χ0v) is 23.3. The number of hydrogen-bond donors (Lipinski definition) is 2. The van der Waals surface area contributed by atoms with E-state index in [2.05, 4.69) is 16.2 Å². The number of fused-ring (bicyclic) bond motifs is 1. The number of nitrogens with zero attached hydrogens (tertiary/aromatic N) is 3. The quantitative estimate of drug-likeness (QED) is 0.331. The van der Waals surface area contributed by atoms with Crippen LogP contribution in [0.2, 0.25) is 0 Å². The fourth-order valence-electron chi connectivity index (χ4n) is 5.82. The minimum absolute atomic E-state index is 0.0232. The van der Waals surface area contributed by atoms with E-state index >= 15 is 0 Å². The van der Waals surface area contributed by atoms with Gasteiger partial charge < -0.3 is 20.7 Å². The summed E-state index contributed by atoms with van der Waals surface area (Å²) in [6.07, 6.45) is 3.50. The number of aryl methyl sites for hydroxylation is 1. The molecule has 1 aromatic heterocycles. The minimum atomic E-state index is -4.56. The number of amides is 1. The summed E-state index contributed by atoms with van der Waals surface area (Å²) < 4.78 is 48.0. The van der Waals surface area contributed by atoms with Crippen LogP contribution in [0.4, 0.5) is 24.7 Å². The van der Waals surface area contributed by atoms with E-state index in [-0.39, 0.29) is 29.9 Å². The van der Waals surface area contributed by atoms with Gasteiger partial charge in [-0.1, -0.05) is 12.0 Å². The normalized spacial score (nSPS) is 21.6. The van der Waals surface area contributed by atoms with E-state index in [0.717, 1.165) is 36.1 Å². The van der Waals surface area contributed by atoms with Crippen molar-refractivity contribution in [2.24, 2.45) is 7.05 Å². The molecule has 0 spiro atoms. The first-order valence-corrected chi connectivity index (χ1v) is 13.4. The van der Waals surface area contributed by atoms with Gasteiger partial charge in [0.1, 0.15) is 11.4 Å². The Hall–Kier alpha value is -4.04. The molecule has 216 valence electrons. The molecule has 1 unspecified atom stereocenters. The van der Waals surface area contributed by atoms with Gasteiger partial charge in [0.2, 0.25) is 5.91 Å². The van der Waals surface area contributed by atoms with Crippen molar-refractivity contribution in [1.82, 2.24) is 14.5 Å². The van der Waals surface area contributed by atoms with E-state index in [1.165, 1.54) is 17.6 Å². The van der Waals surface area contributed by atoms with Gasteiger partial charge in [0, 0.05) is 38.6 Å². The highest BCUT2D eigenvalue weighted by molar-refractivity contribution is 5.93. The monoisotopic (exact) mass is 567 g/mol. The number of hydrogen-bond acceptors (Lipinski definition) is 6. The summed E-state index contributed by atoms with van der Waals surface area (Å²) in [7, 11) is 3.23. The van der Waals surface area contributed by atoms with Crippen LogP contribution >= 0.6 is 0 Å². The van der Waals surface area contributed by atoms with Crippen LogP contribution in [-0.2, 0) is 28.4 Å². The third-order valence-electron chi connectivity index (χ3n) is 8.24. The molecule has 1 saturated carbocycles. The van der Waals surface area contributed by atoms with Crippen LogP contribution in [0.15, 0.2) is 35.1 Å². The number of methoxy groups -OCH3 is 1. The van der Waals surface area contributed by atoms with Crippen molar-refractivity contribution in [3.63, 3.8) is 0 Å². The number of ether oxygens (including phenoxy) is 1. The van der Waals surface area contributed by atoms with E-state index in [4.69, 9.17) is 16.9 Å². The van der Waals surface area contributed by atoms with Crippen LogP contribution in [0, 0.1) is 12.3 Å². The van der Waals surface area contributed by atoms with E-state index in [1.807, 2.05) is 12.1 Å². The molecule has 3 aromatic rings. The number of nitrogens with two attached hydrogens (primary N) is 1. The van der Waals surface area contributed by atoms with Crippen molar-refractivity contribution in [2.75, 3.05) is 24.7 Å². The van der Waals surface area contributed by atoms with E-state index in [1.54, 1.807) is 26.0 Å². The van der Waals surface area contributed by atoms with Gasteiger partial charge in [0.15, 0.2) is 0 Å². The van der Waals surface area contributed by atoms with E-state index in [9.17, 15) is 22.8 Å². The minimum Gasteiger partial charge on any atom is -0.399 e. The predicted molar refractivity (Wildman–Crippen MR) is 150 cm³/mol. The Morgan fingerprint density at radius 1 is 1.27 bits per heavy atom. The summed E-state index contributed by atoms with van der Waals surface area (Å²) in [5.74, 6) is 3.00. The summed E-state index contributed by atoms with van der Waals surface area (Å²) in [6, 6.07) is 6.17. The van der Waals surface area contributed by atoms with Crippen LogP contribution in [0.3, 0.4) is 0 Å². The van der Waals surface area contributed by atoms with Gasteiger partial charge in [0.25, 0.3) is 0 Å². The summed E-state index contributed by atoms with van der Waals surface area (Å²) in [5.41, 5.74) is 6.26. The lowest BCUT2D eigenvalue weighted by Crippen LogP contribution is -2.36. The summed E-state index contributed by atoms with van der Waals surface area (Å²) >= 11 is 0. The number of nitrogen functional groups attached to an aromatic ring is 1. The highest BCUT2D eigenvalue weighted by Gasteiger charge is 2.47. The molecule has 8 nitrogen and oxygen atoms in total. The van der Waals surface area contributed by atoms with Gasteiger partial charge in [0.05, 0.1) is 29.7 Å². The zero-order chi connectivity index (χ0) is 29.9. The number of anilines is 2. The number of terminal acetylenes is 1. The van der Waals surface area contributed by atoms with Crippen LogP contribution in [0.1, 0.15) is 67.3 Å². The average Bonchev–Trinajstić information content (AvgIpc) is 3.69. The van der Waals surface area contributed by atoms with Gasteiger partial charge in [-0.3, -0.25) is 9.36 Å². The molecule has 1 aliphatic heterocycles. The van der Waals surface area contributed by atoms with Gasteiger partial charge >= 0.3 is 11.9 Å². The van der Waals surface area contributed by atoms with Crippen molar-refractivity contribution >= 4 is 28.3 Å². The number of likely N-dealkylation sites (tertiary alicyclic amines) is 1. The number of alkyl halides is 3. The number of carbonyl (C=O) groups excluding carboxylic acids is 1. The summed E-state index contributed by atoms with van der Waals surface area (Å²) in [6.45, 7) is 3.41. The van der Waals surface area contributed by atoms with Crippen LogP contribution in [-0.4, -0.2) is 40.1 Å². The molecule has 2 fully saturated rings. The molecule has 1 amide bonds. The predicted octanol–water partition coefficient (Wildman–Crippen LogP) is 4.68. The van der Waals surface area contributed by atoms with Crippen molar-refractivity contribution < 1.29 is 22.7 Å². The smallest absolute Gasteiger partial charge is 0.399 e. The molecule has 2 aliphatic rings. The second-order valence-electron chi connectivity index (χ2n) is 11.0. The zero-order valence-electron chi connectivity index (χ0n) is 23.3. The molecule has 11 heteroatoms. The molecule has 41 heavy (non-hydrogen) atoms. The lowest BCUT2D eigenvalue weighted by Gasteiger charge is -2.30. The lowest BCUT2D eigenvalue weighted by atomic mass is 9.87. The molecular weight excluding hydrogens is 535 g/mol. The third-order valence-corrected chi connectivity index (χ3v) is 8.24. The average molecular weight is 568 g/mol. The second kappa shape index (κ2) is 10.1. The SMILES string of the molecule is C#C[C@@H]1CC(OC)(c2cc(C3CC3)c3c(c2)c(N[C@H](C)c2cc(N)cc(C(F)(F)F)c2)nc(=O)n3C)CN1C(C)=O. The van der Waals surface area contributed by atoms with Gasteiger partial charge in [-0.05, 0) is 66.6 Å². The Morgan fingerprint density at radius 3 is 2.54 bits per heavy atom. The summed E-state index contributed by atoms with van der Waals surface area (Å²) in [4.78, 5) is 31.3. The molecular formula is C30H32F3N5O3. The Labute approximate surface area is 235 Å². The molecule has 0 radical (unpaired) electrons. The number of aromatic nitrogens is 2. The van der Waals surface area contributed by atoms with Crippen molar-refractivity contribution in [2.45, 2.75) is 62.9 Å². The first-order valence-electron chi connectivity index (χ1n) is 13.4. The topological polar surface area (TPSA) is 102 Å². The first kappa shape index (κ1) is 28.5. The lowest BCUT2D eigenvalue weighted by molar-refractivity contribution is -0.137. The van der Waals surface area contributed by atoms with Crippen molar-refractivity contribution in [3.05, 3.63) is 63.1 Å². The maximum atomic E-state index is 13.5. The molecule has 1 saturated heterocycles. The molecule has 3 atom stereocenters. The number of benzene rings is 2. The van der Waals surface area contributed by atoms with Gasteiger partial charge in [-0.2, -0.15) is 18.2 Å². The standard InChI is InChI=1S/C30H32F3N5O3/c1-6-23-14-29(41-5,15-38(23)17(3)39)20-12-24(18-7-8-18)26-25(13-20)27(36-28(40)37(26)4)35-16(2)19-9-21(30(31,32)33)11-22(34)10-19/h1,9-13,16,18,23H,7-8,14-15,34H2,2-5H3,(H,35,36,40)/t16-,23-,29?/m1/s1. The second-order valence-corrected chi connectivity index (χ2v) is 11.0. The number of nitrogens with one attached hydrogen (secondary N) is 1. The van der Waals surface area contributed by atoms with Crippen LogP contribution < -0.4 is 16.7 Å². The molecule has 1 aliphatic carbocycles. The Kier molecular flexibility index (Phi) is 7.02. The molecule has 5 rings (SSSR count). The van der Waals surface area contributed by atoms with E-state index < -0.39 is 35.1 Å². The maximum absolute atomic E-state index is 13.5. The van der Waals surface area contributed by atoms with Gasteiger partial charge in [-0.25, -0.2) is 4.79 Å². The van der Waals surface area contributed by atoms with Gasteiger partial charge in [-0.15, -0.1) is 6.42 Å². The Balaban J connectivity index is 1.67. The molecule has 0 bridgehead atoms. The molecule has 3 N–H and O–H groups in total. The molecule has 2 heterocycles. The maximum Gasteiger partial charge on any atom is 0.416 e. The van der Waals surface area contributed by atoms with Crippen molar-refractivity contribution in [1.29, 1.82) is 0 Å². The largest absolute Gasteiger partial charge is 0.416 e. The highest BCUT2D eigenvalue weighted by atomic mass is 19.4. The summed E-state index contributed by atoms with van der Waals surface area (Å²) in [5, 5.41) is 3.79. The number of carbonyl (C=O) groups is 1. The number of rotatable bonds is 6. The highest BCUT2D eigenvalue weighted by Crippen LogP contribution is 2.47. The van der Waals surface area contributed by atoms with E-state index in [0.29, 0.717) is 22.9 Å². The fraction of sp³-hybridized carbons (Fsp3) is 0.433. The number of halogens is 3. The van der Waals surface area contributed by atoms with Crippen molar-refractivity contribution in [3.8, 4) is 12.3 Å². The first-order chi connectivity index (χ1) is 19.3. The fourth-order valence-corrected chi connectivity index (χ4v) is 5.82. The Morgan fingerprint density at radius 2 is 1.98 bits per heavy atom. The van der Waals surface area contributed by atoms with Crippen LogP contribution in [0.5, 0.6) is 0 Å².